The third-order valence-electron chi connectivity index (χ3n) is 3.93. The molecule has 20 heavy (non-hydrogen) atoms. The van der Waals surface area contributed by atoms with Crippen molar-refractivity contribution in [2.75, 3.05) is 18.9 Å². The minimum absolute atomic E-state index is 0.0833. The van der Waals surface area contributed by atoms with Crippen LogP contribution in [0.1, 0.15) is 43.0 Å². The lowest BCUT2D eigenvalue weighted by atomic mass is 9.91. The number of carbonyl (C=O) groups is 1. The monoisotopic (exact) mass is 277 g/mol. The predicted octanol–water partition coefficient (Wildman–Crippen LogP) is 1.89. The summed E-state index contributed by atoms with van der Waals surface area (Å²) < 4.78 is 0. The van der Waals surface area contributed by atoms with Gasteiger partial charge in [0.05, 0.1) is 23.4 Å². The van der Waals surface area contributed by atoms with Crippen LogP contribution in [0.2, 0.25) is 0 Å². The van der Waals surface area contributed by atoms with Crippen molar-refractivity contribution in [2.45, 2.75) is 44.8 Å². The molecule has 1 saturated carbocycles. The van der Waals surface area contributed by atoms with E-state index in [9.17, 15) is 9.90 Å². The van der Waals surface area contributed by atoms with Crippen molar-refractivity contribution in [3.8, 4) is 0 Å². The first-order valence-corrected chi connectivity index (χ1v) is 7.28. The number of aromatic nitrogens is 1. The zero-order chi connectivity index (χ0) is 14.5. The Morgan fingerprint density at radius 2 is 2.25 bits per heavy atom. The average molecular weight is 277 g/mol. The predicted molar refractivity (Wildman–Crippen MR) is 78.8 cm³/mol. The fraction of sp³-hybridized carbons (Fsp3) is 0.600. The van der Waals surface area contributed by atoms with Crippen LogP contribution in [0, 0.1) is 0 Å². The number of amides is 1. The smallest absolute Gasteiger partial charge is 0.257 e. The van der Waals surface area contributed by atoms with Crippen LogP contribution in [0.4, 0.5) is 5.69 Å². The van der Waals surface area contributed by atoms with Gasteiger partial charge in [0, 0.05) is 26.0 Å². The summed E-state index contributed by atoms with van der Waals surface area (Å²) in [5.41, 5.74) is 1.36. The van der Waals surface area contributed by atoms with E-state index in [1.807, 2.05) is 13.0 Å². The summed E-state index contributed by atoms with van der Waals surface area (Å²) in [5, 5.41) is 13.3. The van der Waals surface area contributed by atoms with E-state index in [-0.39, 0.29) is 11.9 Å². The third-order valence-corrected chi connectivity index (χ3v) is 3.93. The van der Waals surface area contributed by atoms with Gasteiger partial charge in [-0.3, -0.25) is 9.78 Å². The maximum Gasteiger partial charge on any atom is 0.257 e. The molecule has 0 spiro atoms. The molecule has 1 aliphatic carbocycles. The van der Waals surface area contributed by atoms with Gasteiger partial charge in [-0.1, -0.05) is 12.8 Å². The van der Waals surface area contributed by atoms with Crippen LogP contribution in [0.3, 0.4) is 0 Å². The first kappa shape index (κ1) is 14.8. The van der Waals surface area contributed by atoms with Crippen molar-refractivity contribution < 1.29 is 9.90 Å². The molecule has 0 aromatic carbocycles. The zero-order valence-corrected chi connectivity index (χ0v) is 12.2. The fourth-order valence-electron chi connectivity index (χ4n) is 2.79. The summed E-state index contributed by atoms with van der Waals surface area (Å²) in [4.78, 5) is 18.3. The number of nitrogens with zero attached hydrogens (tertiary/aromatic N) is 2. The number of hydrogen-bond acceptors (Lipinski definition) is 4. The largest absolute Gasteiger partial charge is 0.391 e. The van der Waals surface area contributed by atoms with E-state index in [0.717, 1.165) is 37.9 Å². The molecule has 1 aromatic heterocycles. The van der Waals surface area contributed by atoms with E-state index >= 15 is 0 Å². The second kappa shape index (κ2) is 6.70. The molecular formula is C15H23N3O2. The molecule has 2 N–H and O–H groups in total. The lowest BCUT2D eigenvalue weighted by Gasteiger charge is -2.35. The van der Waals surface area contributed by atoms with E-state index in [1.54, 1.807) is 24.3 Å². The van der Waals surface area contributed by atoms with E-state index in [2.05, 4.69) is 10.3 Å². The van der Waals surface area contributed by atoms with Gasteiger partial charge in [-0.25, -0.2) is 0 Å². The highest BCUT2D eigenvalue weighted by Crippen LogP contribution is 2.25. The van der Waals surface area contributed by atoms with E-state index in [0.29, 0.717) is 5.56 Å². The molecule has 2 unspecified atom stereocenters. The second-order valence-corrected chi connectivity index (χ2v) is 5.29. The quantitative estimate of drug-likeness (QED) is 0.882. The number of rotatable bonds is 4. The number of carbonyl (C=O) groups excluding carboxylic acids is 1. The molecule has 2 atom stereocenters. The SMILES string of the molecule is CCNc1ccncc1C(=O)N(C)C1CCCCC1O. The molecule has 0 aliphatic heterocycles. The molecule has 110 valence electrons. The Bertz CT molecular complexity index is 464. The lowest BCUT2D eigenvalue weighted by molar-refractivity contribution is 0.0268. The van der Waals surface area contributed by atoms with Crippen LogP contribution in [0.5, 0.6) is 0 Å². The summed E-state index contributed by atoms with van der Waals surface area (Å²) in [5.74, 6) is -0.0833. The molecule has 1 amide bonds. The number of anilines is 1. The summed E-state index contributed by atoms with van der Waals surface area (Å²) in [6.45, 7) is 2.74. The van der Waals surface area contributed by atoms with Crippen molar-refractivity contribution in [1.29, 1.82) is 0 Å². The Labute approximate surface area is 120 Å². The Balaban J connectivity index is 2.17. The Morgan fingerprint density at radius 1 is 1.50 bits per heavy atom. The van der Waals surface area contributed by atoms with Gasteiger partial charge < -0.3 is 15.3 Å². The summed E-state index contributed by atoms with van der Waals surface area (Å²) >= 11 is 0. The molecule has 5 heteroatoms. The topological polar surface area (TPSA) is 65.5 Å². The van der Waals surface area contributed by atoms with Gasteiger partial charge in [-0.15, -0.1) is 0 Å². The Morgan fingerprint density at radius 3 is 2.95 bits per heavy atom. The molecule has 1 aromatic rings. The third kappa shape index (κ3) is 3.10. The van der Waals surface area contributed by atoms with Crippen molar-refractivity contribution in [2.24, 2.45) is 0 Å². The second-order valence-electron chi connectivity index (χ2n) is 5.29. The van der Waals surface area contributed by atoms with Crippen LogP contribution >= 0.6 is 0 Å². The zero-order valence-electron chi connectivity index (χ0n) is 12.2. The van der Waals surface area contributed by atoms with Gasteiger partial charge in [0.25, 0.3) is 5.91 Å². The number of nitrogens with one attached hydrogen (secondary N) is 1. The van der Waals surface area contributed by atoms with Crippen LogP contribution in [0.25, 0.3) is 0 Å². The number of hydrogen-bond donors (Lipinski definition) is 2. The lowest BCUT2D eigenvalue weighted by Crippen LogP contribution is -2.46. The first-order valence-electron chi connectivity index (χ1n) is 7.28. The minimum atomic E-state index is -0.419. The molecular weight excluding hydrogens is 254 g/mol. The Hall–Kier alpha value is -1.62. The first-order chi connectivity index (χ1) is 9.65. The number of likely N-dealkylation sites (N-methyl/N-ethyl adjacent to an activating group) is 1. The van der Waals surface area contributed by atoms with Crippen molar-refractivity contribution in [1.82, 2.24) is 9.88 Å². The van der Waals surface area contributed by atoms with Crippen molar-refractivity contribution >= 4 is 11.6 Å². The van der Waals surface area contributed by atoms with Gasteiger partial charge in [0.1, 0.15) is 0 Å². The average Bonchev–Trinajstić information content (AvgIpc) is 2.47. The van der Waals surface area contributed by atoms with E-state index < -0.39 is 6.10 Å². The number of pyridine rings is 1. The van der Waals surface area contributed by atoms with E-state index in [1.165, 1.54) is 0 Å². The van der Waals surface area contributed by atoms with Gasteiger partial charge in [-0.05, 0) is 25.8 Å². The fourth-order valence-corrected chi connectivity index (χ4v) is 2.79. The molecule has 0 radical (unpaired) electrons. The van der Waals surface area contributed by atoms with Crippen LogP contribution in [-0.4, -0.2) is 46.6 Å². The van der Waals surface area contributed by atoms with Crippen LogP contribution in [0.15, 0.2) is 18.5 Å². The normalized spacial score (nSPS) is 22.4. The van der Waals surface area contributed by atoms with Gasteiger partial charge in [-0.2, -0.15) is 0 Å². The Kier molecular flexibility index (Phi) is 4.95. The molecule has 1 aliphatic rings. The van der Waals surface area contributed by atoms with Crippen LogP contribution < -0.4 is 5.32 Å². The highest BCUT2D eigenvalue weighted by Gasteiger charge is 2.30. The highest BCUT2D eigenvalue weighted by molar-refractivity contribution is 5.99. The molecule has 1 heterocycles. The van der Waals surface area contributed by atoms with Gasteiger partial charge in [0.15, 0.2) is 0 Å². The number of aliphatic hydroxyl groups is 1. The molecule has 0 bridgehead atoms. The minimum Gasteiger partial charge on any atom is -0.391 e. The van der Waals surface area contributed by atoms with Crippen LogP contribution in [-0.2, 0) is 0 Å². The standard InChI is InChI=1S/C15H23N3O2/c1-3-17-12-8-9-16-10-11(12)15(20)18(2)13-6-4-5-7-14(13)19/h8-10,13-14,19H,3-7H2,1-2H3,(H,16,17). The van der Waals surface area contributed by atoms with Crippen molar-refractivity contribution in [3.63, 3.8) is 0 Å². The maximum absolute atomic E-state index is 12.6. The van der Waals surface area contributed by atoms with Gasteiger partial charge >= 0.3 is 0 Å². The highest BCUT2D eigenvalue weighted by atomic mass is 16.3. The maximum atomic E-state index is 12.6. The molecule has 2 rings (SSSR count). The molecule has 5 nitrogen and oxygen atoms in total. The molecule has 0 saturated heterocycles. The molecule has 1 fully saturated rings. The van der Waals surface area contributed by atoms with E-state index in [4.69, 9.17) is 0 Å². The summed E-state index contributed by atoms with van der Waals surface area (Å²) in [6, 6.07) is 1.72. The number of aliphatic hydroxyl groups excluding tert-OH is 1. The van der Waals surface area contributed by atoms with Gasteiger partial charge in [0.2, 0.25) is 0 Å². The van der Waals surface area contributed by atoms with Crippen molar-refractivity contribution in [3.05, 3.63) is 24.0 Å². The summed E-state index contributed by atoms with van der Waals surface area (Å²) in [7, 11) is 1.77. The summed E-state index contributed by atoms with van der Waals surface area (Å²) in [6.07, 6.45) is 6.57.